The lowest BCUT2D eigenvalue weighted by molar-refractivity contribution is -0.121. The predicted octanol–water partition coefficient (Wildman–Crippen LogP) is 4.27. The lowest BCUT2D eigenvalue weighted by Gasteiger charge is -2.31. The molecule has 6 nitrogen and oxygen atoms in total. The van der Waals surface area contributed by atoms with Crippen LogP contribution in [0.3, 0.4) is 0 Å². The molecule has 0 unspecified atom stereocenters. The molecule has 1 aliphatic heterocycles. The van der Waals surface area contributed by atoms with Gasteiger partial charge in [-0.05, 0) is 67.8 Å². The highest BCUT2D eigenvalue weighted by Gasteiger charge is 2.28. The van der Waals surface area contributed by atoms with Gasteiger partial charge in [0, 0.05) is 30.3 Å². The Hall–Kier alpha value is -3.22. The number of benzene rings is 2. The Kier molecular flexibility index (Phi) is 7.76. The second-order valence-electron chi connectivity index (χ2n) is 7.63. The van der Waals surface area contributed by atoms with Crippen molar-refractivity contribution in [2.24, 2.45) is 5.92 Å². The maximum absolute atomic E-state index is 13.0. The number of nitrogens with one attached hydrogen (secondary N) is 1. The Labute approximate surface area is 181 Å². The van der Waals surface area contributed by atoms with Crippen LogP contribution in [0.15, 0.2) is 48.5 Å². The molecule has 1 saturated heterocycles. The first-order valence-corrected chi connectivity index (χ1v) is 10.6. The van der Waals surface area contributed by atoms with Crippen molar-refractivity contribution in [1.29, 1.82) is 0 Å². The third kappa shape index (κ3) is 6.13. The molecule has 2 aromatic carbocycles. The second kappa shape index (κ2) is 10.7. The smallest absolute Gasteiger partial charge is 0.338 e. The summed E-state index contributed by atoms with van der Waals surface area (Å²) in [5.41, 5.74) is 1.50. The van der Waals surface area contributed by atoms with Gasteiger partial charge in [-0.3, -0.25) is 9.59 Å². The number of rotatable bonds is 7. The van der Waals surface area contributed by atoms with Gasteiger partial charge in [0.25, 0.3) is 5.91 Å². The first-order chi connectivity index (χ1) is 15.0. The molecular formula is C24H27FN2O4. The number of carbonyl (C=O) groups excluding carboxylic acids is 3. The van der Waals surface area contributed by atoms with Gasteiger partial charge in [-0.1, -0.05) is 13.3 Å². The lowest BCUT2D eigenvalue weighted by Crippen LogP contribution is -2.41. The van der Waals surface area contributed by atoms with Crippen LogP contribution in [0.5, 0.6) is 0 Å². The van der Waals surface area contributed by atoms with Crippen LogP contribution < -0.4 is 5.32 Å². The number of likely N-dealkylation sites (tertiary alicyclic amines) is 1. The molecule has 0 bridgehead atoms. The number of hydrogen-bond acceptors (Lipinski definition) is 4. The summed E-state index contributed by atoms with van der Waals surface area (Å²) < 4.78 is 18.2. The molecular weight excluding hydrogens is 399 g/mol. The summed E-state index contributed by atoms with van der Waals surface area (Å²) in [6.07, 6.45) is 2.90. The number of unbranched alkanes of at least 4 members (excludes halogenated alkanes) is 1. The lowest BCUT2D eigenvalue weighted by atomic mass is 9.95. The summed E-state index contributed by atoms with van der Waals surface area (Å²) >= 11 is 0. The Morgan fingerprint density at radius 1 is 1.00 bits per heavy atom. The van der Waals surface area contributed by atoms with Crippen molar-refractivity contribution >= 4 is 23.5 Å². The van der Waals surface area contributed by atoms with Crippen molar-refractivity contribution in [3.63, 3.8) is 0 Å². The number of esters is 1. The molecule has 0 aromatic heterocycles. The van der Waals surface area contributed by atoms with Gasteiger partial charge in [-0.2, -0.15) is 0 Å². The minimum Gasteiger partial charge on any atom is -0.462 e. The number of anilines is 1. The zero-order valence-corrected chi connectivity index (χ0v) is 17.6. The average Bonchev–Trinajstić information content (AvgIpc) is 2.80. The van der Waals surface area contributed by atoms with Crippen LogP contribution in [0.4, 0.5) is 10.1 Å². The molecule has 0 spiro atoms. The maximum Gasteiger partial charge on any atom is 0.338 e. The van der Waals surface area contributed by atoms with Crippen molar-refractivity contribution in [1.82, 2.24) is 4.90 Å². The molecule has 0 atom stereocenters. The molecule has 2 amide bonds. The highest BCUT2D eigenvalue weighted by Crippen LogP contribution is 2.21. The van der Waals surface area contributed by atoms with E-state index in [9.17, 15) is 18.8 Å². The molecule has 0 radical (unpaired) electrons. The molecule has 7 heteroatoms. The fraction of sp³-hybridized carbons (Fsp3) is 0.375. The van der Waals surface area contributed by atoms with E-state index in [1.165, 1.54) is 24.3 Å². The molecule has 2 aromatic rings. The SMILES string of the molecule is CCCCOC(=O)c1ccc(NC(=O)C2CCN(C(=O)c3ccc(F)cc3)CC2)cc1. The van der Waals surface area contributed by atoms with Gasteiger partial charge in [0.2, 0.25) is 5.91 Å². The number of halogens is 1. The van der Waals surface area contributed by atoms with Gasteiger partial charge in [-0.15, -0.1) is 0 Å². The van der Waals surface area contributed by atoms with Gasteiger partial charge in [-0.25, -0.2) is 9.18 Å². The van der Waals surface area contributed by atoms with Gasteiger partial charge in [0.05, 0.1) is 12.2 Å². The maximum atomic E-state index is 13.0. The Bertz CT molecular complexity index is 904. The summed E-state index contributed by atoms with van der Waals surface area (Å²) in [5.74, 6) is -1.21. The summed E-state index contributed by atoms with van der Waals surface area (Å²) in [7, 11) is 0. The highest BCUT2D eigenvalue weighted by atomic mass is 19.1. The van der Waals surface area contributed by atoms with Crippen molar-refractivity contribution < 1.29 is 23.5 Å². The topological polar surface area (TPSA) is 75.7 Å². The van der Waals surface area contributed by atoms with Gasteiger partial charge in [0.1, 0.15) is 5.82 Å². The predicted molar refractivity (Wildman–Crippen MR) is 115 cm³/mol. The largest absolute Gasteiger partial charge is 0.462 e. The number of piperidine rings is 1. The molecule has 164 valence electrons. The molecule has 0 aliphatic carbocycles. The normalized spacial score (nSPS) is 14.2. The number of amides is 2. The minimum atomic E-state index is -0.381. The Morgan fingerprint density at radius 3 is 2.23 bits per heavy atom. The summed E-state index contributed by atoms with van der Waals surface area (Å²) in [6, 6.07) is 12.1. The van der Waals surface area contributed by atoms with Crippen LogP contribution in [0.25, 0.3) is 0 Å². The molecule has 1 heterocycles. The van der Waals surface area contributed by atoms with E-state index in [4.69, 9.17) is 4.74 Å². The number of carbonyl (C=O) groups is 3. The molecule has 3 rings (SSSR count). The van der Waals surface area contributed by atoms with E-state index in [0.717, 1.165) is 12.8 Å². The van der Waals surface area contributed by atoms with Crippen LogP contribution in [0.2, 0.25) is 0 Å². The van der Waals surface area contributed by atoms with E-state index in [2.05, 4.69) is 5.32 Å². The first kappa shape index (κ1) is 22.5. The molecule has 1 fully saturated rings. The molecule has 1 N–H and O–H groups in total. The monoisotopic (exact) mass is 426 g/mol. The second-order valence-corrected chi connectivity index (χ2v) is 7.63. The molecule has 31 heavy (non-hydrogen) atoms. The average molecular weight is 426 g/mol. The van der Waals surface area contributed by atoms with Crippen molar-refractivity contribution in [2.45, 2.75) is 32.6 Å². The van der Waals surface area contributed by atoms with Crippen molar-refractivity contribution in [3.8, 4) is 0 Å². The first-order valence-electron chi connectivity index (χ1n) is 10.6. The molecule has 0 saturated carbocycles. The third-order valence-electron chi connectivity index (χ3n) is 5.36. The van der Waals surface area contributed by atoms with Crippen LogP contribution in [-0.2, 0) is 9.53 Å². The van der Waals surface area contributed by atoms with E-state index in [-0.39, 0.29) is 29.5 Å². The quantitative estimate of drug-likeness (QED) is 0.530. The van der Waals surface area contributed by atoms with E-state index < -0.39 is 0 Å². The zero-order valence-electron chi connectivity index (χ0n) is 17.6. The third-order valence-corrected chi connectivity index (χ3v) is 5.36. The van der Waals surface area contributed by atoms with Crippen molar-refractivity contribution in [2.75, 3.05) is 25.0 Å². The van der Waals surface area contributed by atoms with E-state index in [1.54, 1.807) is 29.2 Å². The summed E-state index contributed by atoms with van der Waals surface area (Å²) in [5, 5.41) is 2.88. The van der Waals surface area contributed by atoms with Crippen LogP contribution in [0.1, 0.15) is 53.3 Å². The summed E-state index contributed by atoms with van der Waals surface area (Å²) in [6.45, 7) is 3.36. The van der Waals surface area contributed by atoms with Crippen LogP contribution >= 0.6 is 0 Å². The fourth-order valence-corrected chi connectivity index (χ4v) is 3.45. The zero-order chi connectivity index (χ0) is 22.2. The number of nitrogens with zero attached hydrogens (tertiary/aromatic N) is 1. The van der Waals surface area contributed by atoms with E-state index >= 15 is 0 Å². The Morgan fingerprint density at radius 2 is 1.61 bits per heavy atom. The fourth-order valence-electron chi connectivity index (χ4n) is 3.45. The summed E-state index contributed by atoms with van der Waals surface area (Å²) in [4.78, 5) is 38.7. The number of hydrogen-bond donors (Lipinski definition) is 1. The minimum absolute atomic E-state index is 0.104. The van der Waals surface area contributed by atoms with Crippen LogP contribution in [0, 0.1) is 11.7 Å². The van der Waals surface area contributed by atoms with E-state index in [1.807, 2.05) is 6.92 Å². The van der Waals surface area contributed by atoms with Gasteiger partial charge >= 0.3 is 5.97 Å². The van der Waals surface area contributed by atoms with Gasteiger partial charge < -0.3 is 15.0 Å². The number of ether oxygens (including phenoxy) is 1. The highest BCUT2D eigenvalue weighted by molar-refractivity contribution is 5.96. The Balaban J connectivity index is 1.48. The standard InChI is InChI=1S/C24H27FN2O4/c1-2-3-16-31-24(30)19-6-10-21(11-7-19)26-22(28)17-12-14-27(15-13-17)23(29)18-4-8-20(25)9-5-18/h4-11,17H,2-3,12-16H2,1H3,(H,26,28). The van der Waals surface area contributed by atoms with Crippen LogP contribution in [-0.4, -0.2) is 42.4 Å². The van der Waals surface area contributed by atoms with Gasteiger partial charge in [0.15, 0.2) is 0 Å². The van der Waals surface area contributed by atoms with E-state index in [0.29, 0.717) is 49.4 Å². The molecule has 1 aliphatic rings. The van der Waals surface area contributed by atoms with Crippen molar-refractivity contribution in [3.05, 3.63) is 65.5 Å².